The number of hydrogen-bond acceptors (Lipinski definition) is 7. The molecule has 0 unspecified atom stereocenters. The van der Waals surface area contributed by atoms with Gasteiger partial charge in [-0.15, -0.1) is 0 Å². The van der Waals surface area contributed by atoms with Crippen LogP contribution in [0.25, 0.3) is 11.1 Å². The molecule has 0 saturated carbocycles. The predicted octanol–water partition coefficient (Wildman–Crippen LogP) is 9.55. The van der Waals surface area contributed by atoms with Gasteiger partial charge in [-0.2, -0.15) is 0 Å². The fraction of sp³-hybridized carbons (Fsp3) is 0.162. The molecule has 2 amide bonds. The molecule has 0 heterocycles. The van der Waals surface area contributed by atoms with Gasteiger partial charge in [-0.05, 0) is 83.9 Å². The quantitative estimate of drug-likeness (QED) is 0.131. The molecular formula is C37H36N4O3S2W2. The summed E-state index contributed by atoms with van der Waals surface area (Å²) in [4.78, 5) is 35.6. The molecule has 7 nitrogen and oxygen atoms in total. The van der Waals surface area contributed by atoms with Gasteiger partial charge in [-0.3, -0.25) is 14.4 Å². The van der Waals surface area contributed by atoms with Gasteiger partial charge in [0.15, 0.2) is 5.78 Å². The minimum atomic E-state index is -0.880. The number of amides is 2. The number of benzene rings is 4. The molecule has 5 rings (SSSR count). The van der Waals surface area contributed by atoms with Crippen molar-refractivity contribution in [1.82, 2.24) is 0 Å². The van der Waals surface area contributed by atoms with E-state index in [9.17, 15) is 14.4 Å². The molecule has 0 radical (unpaired) electrons. The summed E-state index contributed by atoms with van der Waals surface area (Å²) >= 11 is -1.76. The van der Waals surface area contributed by atoms with Crippen molar-refractivity contribution < 1.29 is 50.3 Å². The first kappa shape index (κ1) is 38.5. The number of fused-ring (bicyclic) bond motifs is 3. The van der Waals surface area contributed by atoms with Crippen LogP contribution in [0.2, 0.25) is 2.82 Å². The van der Waals surface area contributed by atoms with Crippen LogP contribution in [-0.4, -0.2) is 17.6 Å². The van der Waals surface area contributed by atoms with E-state index in [0.717, 1.165) is 33.4 Å². The third kappa shape index (κ3) is 13.6. The number of ketones is 1. The van der Waals surface area contributed by atoms with Crippen molar-refractivity contribution >= 4 is 48.6 Å². The summed E-state index contributed by atoms with van der Waals surface area (Å²) in [6.45, 7) is 10.9. The molecular weight excluding hydrogens is 980 g/mol. The van der Waals surface area contributed by atoms with Crippen LogP contribution in [0.15, 0.2) is 84.9 Å². The maximum atomic E-state index is 13.2. The van der Waals surface area contributed by atoms with Gasteiger partial charge in [0, 0.05) is 58.6 Å². The summed E-state index contributed by atoms with van der Waals surface area (Å²) in [5.74, 6) is 12.2. The zero-order chi connectivity index (χ0) is 37.5. The number of anilines is 2. The third-order valence-electron chi connectivity index (χ3n) is 5.93. The zero-order valence-corrected chi connectivity index (χ0v) is 34.8. The predicted molar refractivity (Wildman–Crippen MR) is 192 cm³/mol. The van der Waals surface area contributed by atoms with E-state index < -0.39 is 33.1 Å². The molecule has 0 bridgehead atoms. The fourth-order valence-electron chi connectivity index (χ4n) is 4.20. The summed E-state index contributed by atoms with van der Waals surface area (Å²) in [6, 6.07) is 25.9. The molecule has 48 heavy (non-hydrogen) atoms. The fourth-order valence-corrected chi connectivity index (χ4v) is 4.20. The van der Waals surface area contributed by atoms with Crippen LogP contribution in [-0.2, 0) is 42.7 Å². The topological polar surface area (TPSA) is 123 Å². The summed E-state index contributed by atoms with van der Waals surface area (Å²) in [5, 5.41) is 5.46. The van der Waals surface area contributed by atoms with E-state index in [1.54, 1.807) is 24.3 Å². The molecule has 0 atom stereocenters. The van der Waals surface area contributed by atoms with Crippen molar-refractivity contribution in [3.8, 4) is 34.8 Å². The van der Waals surface area contributed by atoms with E-state index in [2.05, 4.69) is 61.8 Å². The molecule has 1 aliphatic rings. The van der Waals surface area contributed by atoms with Crippen molar-refractivity contribution in [2.45, 2.75) is 41.5 Å². The second-order valence-electron chi connectivity index (χ2n) is 9.02. The van der Waals surface area contributed by atoms with Gasteiger partial charge in [0.2, 0.25) is 11.8 Å². The molecule has 0 aromatic heterocycles. The van der Waals surface area contributed by atoms with Gasteiger partial charge in [-0.25, -0.2) is 0 Å². The van der Waals surface area contributed by atoms with Crippen molar-refractivity contribution in [2.75, 3.05) is 10.6 Å². The van der Waals surface area contributed by atoms with Crippen LogP contribution in [0.3, 0.4) is 0 Å². The summed E-state index contributed by atoms with van der Waals surface area (Å²) in [5.41, 5.74) is 7.59. The van der Waals surface area contributed by atoms with Crippen molar-refractivity contribution in [2.24, 2.45) is 0 Å². The first-order valence-corrected chi connectivity index (χ1v) is 25.2. The molecule has 246 valence electrons. The van der Waals surface area contributed by atoms with Crippen LogP contribution in [0.5, 0.6) is 0 Å². The second-order valence-corrected chi connectivity index (χ2v) is 12.5. The van der Waals surface area contributed by atoms with Crippen molar-refractivity contribution in [3.63, 3.8) is 0 Å². The average Bonchev–Trinajstić information content (AvgIpc) is 3.42. The monoisotopic (exact) mass is 1020 g/mol. The van der Waals surface area contributed by atoms with Gasteiger partial charge in [0.05, 0.1) is 0 Å². The Labute approximate surface area is 309 Å². The molecule has 11 heteroatoms. The standard InChI is InChI=1S/C33H22N2O3.2C2H6.2HN.2S.2W/c1-21(36)34-27-13-7-23(8-14-27)3-5-25-11-17-29-30-18-12-26(20-32(30)33(38)31(29)19-25)6-4-24-9-15-28(16-10-24)35-22(2)37;2*1-2;;;;;;/h7-20H,1-2H3,(H,34,36)(H,35,37);2*1-2H3;2*1H;;;;/i;;;2*1T;;;;. The van der Waals surface area contributed by atoms with Gasteiger partial charge < -0.3 is 10.6 Å². The Morgan fingerprint density at radius 2 is 0.875 bits per heavy atom. The van der Waals surface area contributed by atoms with Crippen LogP contribution >= 0.6 is 19.6 Å². The summed E-state index contributed by atoms with van der Waals surface area (Å²) in [6.07, 6.45) is 0. The Morgan fingerprint density at radius 1 is 0.583 bits per heavy atom. The average molecular weight is 1020 g/mol. The van der Waals surface area contributed by atoms with E-state index in [1.807, 2.05) is 88.4 Å². The van der Waals surface area contributed by atoms with Crippen molar-refractivity contribution in [1.29, 1.82) is 7.81 Å². The molecule has 0 saturated heterocycles. The van der Waals surface area contributed by atoms with E-state index in [0.29, 0.717) is 22.5 Å². The molecule has 0 aliphatic heterocycles. The van der Waals surface area contributed by atoms with E-state index in [4.69, 9.17) is 2.82 Å². The molecule has 4 N–H and O–H groups in total. The maximum absolute atomic E-state index is 13.2. The van der Waals surface area contributed by atoms with Gasteiger partial charge in [0.25, 0.3) is 0 Å². The summed E-state index contributed by atoms with van der Waals surface area (Å²) < 4.78 is 18.0. The van der Waals surface area contributed by atoms with Crippen LogP contribution in [0.4, 0.5) is 11.4 Å². The Hall–Kier alpha value is -3.97. The molecule has 4 aromatic rings. The van der Waals surface area contributed by atoms with Crippen LogP contribution in [0.1, 0.15) is 79.7 Å². The Morgan fingerprint density at radius 3 is 1.17 bits per heavy atom. The van der Waals surface area contributed by atoms with E-state index in [-0.39, 0.29) is 17.6 Å². The van der Waals surface area contributed by atoms with E-state index >= 15 is 0 Å². The molecule has 1 aliphatic carbocycles. The molecule has 4 aromatic carbocycles. The number of nitrogens with one attached hydrogen (secondary N) is 4. The number of rotatable bonds is 2. The Kier molecular flexibility index (Phi) is 18.7. The van der Waals surface area contributed by atoms with E-state index in [1.165, 1.54) is 13.8 Å². The first-order valence-electron chi connectivity index (χ1n) is 15.6. The SMILES string of the molecule is CC.CC.CC(=O)Nc1ccc(C#Cc2ccc3c(c2)C(=O)c2cc(C#Cc4ccc(NC(C)=O)cc4)ccc2-3)cc1.[3H][N]=[W]=[S].[3H][N]=[W]=[S]. The Balaban J connectivity index is 0.000000918. The third-order valence-corrected chi connectivity index (χ3v) is 5.93. The number of hydrogen-bond donors (Lipinski definition) is 4. The molecule has 0 fully saturated rings. The number of carbonyl (C=O) groups is 3. The zero-order valence-electron chi connectivity index (χ0n) is 29.3. The number of carbonyl (C=O) groups excluding carboxylic acids is 3. The Bertz CT molecular complexity index is 1880. The second kappa shape index (κ2) is 23.4. The minimum absolute atomic E-state index is 0.0402. The van der Waals surface area contributed by atoms with Gasteiger partial charge >= 0.3 is 63.4 Å². The van der Waals surface area contributed by atoms with Crippen LogP contribution in [0, 0.1) is 31.5 Å². The molecule has 0 spiro atoms. The first-order chi connectivity index (χ1) is 24.2. The van der Waals surface area contributed by atoms with Crippen molar-refractivity contribution in [3.05, 3.63) is 118 Å². The van der Waals surface area contributed by atoms with Crippen LogP contribution < -0.4 is 10.6 Å². The normalized spacial score (nSPS) is 9.67. The van der Waals surface area contributed by atoms with Gasteiger partial charge in [-0.1, -0.05) is 63.5 Å². The van der Waals surface area contributed by atoms with Gasteiger partial charge in [0.1, 0.15) is 0 Å². The summed E-state index contributed by atoms with van der Waals surface area (Å²) in [7, 11) is 8.73.